The molecule has 0 aliphatic carbocycles. The summed E-state index contributed by atoms with van der Waals surface area (Å²) in [4.78, 5) is 14.3. The first kappa shape index (κ1) is 12.8. The summed E-state index contributed by atoms with van der Waals surface area (Å²) in [6, 6.07) is 13.0. The zero-order valence-electron chi connectivity index (χ0n) is 10.9. The molecule has 3 rings (SSSR count). The van der Waals surface area contributed by atoms with Crippen LogP contribution < -0.4 is 10.4 Å². The minimum absolute atomic E-state index is 0.130. The van der Waals surface area contributed by atoms with Crippen LogP contribution in [0.3, 0.4) is 0 Å². The van der Waals surface area contributed by atoms with Gasteiger partial charge in [-0.15, -0.1) is 0 Å². The third-order valence-electron chi connectivity index (χ3n) is 3.20. The maximum absolute atomic E-state index is 11.5. The number of aromatic amines is 1. The smallest absolute Gasteiger partial charge is 0.326 e. The van der Waals surface area contributed by atoms with E-state index >= 15 is 0 Å². The maximum atomic E-state index is 11.5. The minimum atomic E-state index is -0.130. The zero-order chi connectivity index (χ0) is 14.1. The van der Waals surface area contributed by atoms with Crippen molar-refractivity contribution in [2.24, 2.45) is 7.05 Å². The summed E-state index contributed by atoms with van der Waals surface area (Å²) < 4.78 is 7.29. The van der Waals surface area contributed by atoms with Crippen molar-refractivity contribution in [2.75, 3.05) is 0 Å². The molecule has 102 valence electrons. The third kappa shape index (κ3) is 2.42. The molecule has 0 amide bonds. The Balaban J connectivity index is 1.82. The Morgan fingerprint density at radius 3 is 2.70 bits per heavy atom. The van der Waals surface area contributed by atoms with Crippen molar-refractivity contribution in [1.29, 1.82) is 0 Å². The zero-order valence-corrected chi connectivity index (χ0v) is 11.6. The first-order valence-corrected chi connectivity index (χ1v) is 6.57. The summed E-state index contributed by atoms with van der Waals surface area (Å²) in [7, 11) is 1.73. The van der Waals surface area contributed by atoms with E-state index < -0.39 is 0 Å². The van der Waals surface area contributed by atoms with Gasteiger partial charge in [0.25, 0.3) is 0 Å². The van der Waals surface area contributed by atoms with Crippen molar-refractivity contribution in [2.45, 2.75) is 6.61 Å². The van der Waals surface area contributed by atoms with E-state index in [1.54, 1.807) is 11.6 Å². The lowest BCUT2D eigenvalue weighted by atomic mass is 10.2. The number of benzene rings is 2. The number of nitrogens with zero attached hydrogens (tertiary/aromatic N) is 1. The molecule has 2 aromatic carbocycles. The van der Waals surface area contributed by atoms with Crippen LogP contribution in [0, 0.1) is 0 Å². The van der Waals surface area contributed by atoms with Crippen LogP contribution in [0.4, 0.5) is 0 Å². The fourth-order valence-electron chi connectivity index (χ4n) is 2.04. The van der Waals surface area contributed by atoms with Crippen LogP contribution in [0.25, 0.3) is 11.0 Å². The molecule has 0 atom stereocenters. The van der Waals surface area contributed by atoms with Crippen molar-refractivity contribution in [3.8, 4) is 5.75 Å². The summed E-state index contributed by atoms with van der Waals surface area (Å²) >= 11 is 5.84. The minimum Gasteiger partial charge on any atom is -0.489 e. The summed E-state index contributed by atoms with van der Waals surface area (Å²) in [5, 5.41) is 0.706. The molecule has 0 fully saturated rings. The monoisotopic (exact) mass is 288 g/mol. The van der Waals surface area contributed by atoms with Gasteiger partial charge < -0.3 is 9.72 Å². The highest BCUT2D eigenvalue weighted by molar-refractivity contribution is 6.30. The molecule has 0 aliphatic rings. The van der Waals surface area contributed by atoms with Gasteiger partial charge in [-0.1, -0.05) is 23.7 Å². The number of halogens is 1. The number of rotatable bonds is 3. The molecule has 4 nitrogen and oxygen atoms in total. The molecule has 0 radical (unpaired) electrons. The summed E-state index contributed by atoms with van der Waals surface area (Å²) in [6.07, 6.45) is 0. The molecule has 0 saturated carbocycles. The number of aromatic nitrogens is 2. The van der Waals surface area contributed by atoms with Crippen LogP contribution in [0.2, 0.25) is 5.02 Å². The molecule has 3 aromatic rings. The Bertz CT molecular complexity index is 803. The molecule has 0 aliphatic heterocycles. The van der Waals surface area contributed by atoms with E-state index in [4.69, 9.17) is 16.3 Å². The van der Waals surface area contributed by atoms with Crippen molar-refractivity contribution in [3.05, 3.63) is 63.5 Å². The van der Waals surface area contributed by atoms with Crippen LogP contribution in [0.15, 0.2) is 47.3 Å². The number of fused-ring (bicyclic) bond motifs is 1. The molecule has 1 N–H and O–H groups in total. The second-order valence-electron chi connectivity index (χ2n) is 4.58. The molecule has 0 saturated heterocycles. The highest BCUT2D eigenvalue weighted by atomic mass is 35.5. The van der Waals surface area contributed by atoms with E-state index in [0.29, 0.717) is 11.6 Å². The second-order valence-corrected chi connectivity index (χ2v) is 5.02. The fraction of sp³-hybridized carbons (Fsp3) is 0.133. The molecule has 1 aromatic heterocycles. The van der Waals surface area contributed by atoms with Gasteiger partial charge in [-0.2, -0.15) is 0 Å². The van der Waals surface area contributed by atoms with E-state index in [1.807, 2.05) is 42.5 Å². The molecule has 5 heteroatoms. The summed E-state index contributed by atoms with van der Waals surface area (Å²) in [5.74, 6) is 0.724. The van der Waals surface area contributed by atoms with Gasteiger partial charge in [0.1, 0.15) is 12.4 Å². The van der Waals surface area contributed by atoms with Gasteiger partial charge >= 0.3 is 5.69 Å². The Morgan fingerprint density at radius 1 is 1.20 bits per heavy atom. The number of aryl methyl sites for hydroxylation is 1. The van der Waals surface area contributed by atoms with Gasteiger partial charge in [-0.3, -0.25) is 4.57 Å². The second kappa shape index (κ2) is 5.06. The normalized spacial score (nSPS) is 10.9. The van der Waals surface area contributed by atoms with E-state index in [-0.39, 0.29) is 5.69 Å². The Kier molecular flexibility index (Phi) is 3.24. The summed E-state index contributed by atoms with van der Waals surface area (Å²) in [5.41, 5.74) is 2.53. The van der Waals surface area contributed by atoms with Crippen LogP contribution in [-0.2, 0) is 13.7 Å². The molecular weight excluding hydrogens is 276 g/mol. The average molecular weight is 289 g/mol. The predicted molar refractivity (Wildman–Crippen MR) is 79.3 cm³/mol. The third-order valence-corrected chi connectivity index (χ3v) is 3.45. The number of H-pyrrole nitrogens is 1. The van der Waals surface area contributed by atoms with Gasteiger partial charge in [-0.25, -0.2) is 4.79 Å². The van der Waals surface area contributed by atoms with Crippen molar-refractivity contribution < 1.29 is 4.74 Å². The summed E-state index contributed by atoms with van der Waals surface area (Å²) in [6.45, 7) is 0.459. The first-order valence-electron chi connectivity index (χ1n) is 6.19. The predicted octanol–water partition coefficient (Wildman–Crippen LogP) is 3.10. The van der Waals surface area contributed by atoms with Crippen molar-refractivity contribution in [3.63, 3.8) is 0 Å². The van der Waals surface area contributed by atoms with E-state index in [2.05, 4.69) is 4.98 Å². The Labute approximate surface area is 120 Å². The number of imidazole rings is 1. The van der Waals surface area contributed by atoms with Gasteiger partial charge in [-0.05, 0) is 29.8 Å². The van der Waals surface area contributed by atoms with E-state index in [9.17, 15) is 4.79 Å². The molecule has 0 spiro atoms. The number of ether oxygens (including phenoxy) is 1. The van der Waals surface area contributed by atoms with Crippen molar-refractivity contribution in [1.82, 2.24) is 9.55 Å². The largest absolute Gasteiger partial charge is 0.489 e. The first-order chi connectivity index (χ1) is 9.63. The SMILES string of the molecule is Cn1c(=O)[nH]c2ccc(OCc3ccc(Cl)cc3)cc21. The van der Waals surface area contributed by atoms with Gasteiger partial charge in [0, 0.05) is 18.1 Å². The molecular formula is C15H13ClN2O2. The number of hydrogen-bond donors (Lipinski definition) is 1. The highest BCUT2D eigenvalue weighted by Crippen LogP contribution is 2.19. The van der Waals surface area contributed by atoms with Crippen molar-refractivity contribution >= 4 is 22.6 Å². The Morgan fingerprint density at radius 2 is 1.95 bits per heavy atom. The van der Waals surface area contributed by atoms with E-state index in [1.165, 1.54) is 0 Å². The molecule has 1 heterocycles. The lowest BCUT2D eigenvalue weighted by molar-refractivity contribution is 0.306. The quantitative estimate of drug-likeness (QED) is 0.805. The van der Waals surface area contributed by atoms with Crippen LogP contribution in [-0.4, -0.2) is 9.55 Å². The van der Waals surface area contributed by atoms with Crippen LogP contribution >= 0.6 is 11.6 Å². The highest BCUT2D eigenvalue weighted by Gasteiger charge is 2.04. The van der Waals surface area contributed by atoms with Crippen LogP contribution in [0.1, 0.15) is 5.56 Å². The maximum Gasteiger partial charge on any atom is 0.326 e. The lowest BCUT2D eigenvalue weighted by Gasteiger charge is -2.06. The van der Waals surface area contributed by atoms with E-state index in [0.717, 1.165) is 22.3 Å². The van der Waals surface area contributed by atoms with Crippen LogP contribution in [0.5, 0.6) is 5.75 Å². The average Bonchev–Trinajstić information content (AvgIpc) is 2.74. The molecule has 0 bridgehead atoms. The Hall–Kier alpha value is -2.20. The van der Waals surface area contributed by atoms with Gasteiger partial charge in [0.2, 0.25) is 0 Å². The fourth-order valence-corrected chi connectivity index (χ4v) is 2.17. The lowest BCUT2D eigenvalue weighted by Crippen LogP contribution is -2.11. The molecule has 0 unspecified atom stereocenters. The topological polar surface area (TPSA) is 47.0 Å². The standard InChI is InChI=1S/C15H13ClN2O2/c1-18-14-8-12(6-7-13(14)17-15(18)19)20-9-10-2-4-11(16)5-3-10/h2-8H,9H2,1H3,(H,17,19). The number of nitrogens with one attached hydrogen (secondary N) is 1. The molecule has 20 heavy (non-hydrogen) atoms. The number of hydrogen-bond acceptors (Lipinski definition) is 2. The van der Waals surface area contributed by atoms with Gasteiger partial charge in [0.05, 0.1) is 11.0 Å². The van der Waals surface area contributed by atoms with Gasteiger partial charge in [0.15, 0.2) is 0 Å².